The van der Waals surface area contributed by atoms with Crippen molar-refractivity contribution in [3.63, 3.8) is 0 Å². The van der Waals surface area contributed by atoms with Gasteiger partial charge in [0.1, 0.15) is 5.02 Å². The molecule has 104 valence electrons. The molecule has 2 aromatic rings. The second-order valence-corrected chi connectivity index (χ2v) is 5.21. The highest BCUT2D eigenvalue weighted by molar-refractivity contribution is 6.32. The fourth-order valence-electron chi connectivity index (χ4n) is 1.92. The summed E-state index contributed by atoms with van der Waals surface area (Å²) >= 11 is 5.79. The van der Waals surface area contributed by atoms with Crippen LogP contribution in [0.4, 0.5) is 5.69 Å². The Hall–Kier alpha value is -1.92. The van der Waals surface area contributed by atoms with Crippen molar-refractivity contribution < 1.29 is 4.92 Å². The Bertz CT molecular complexity index is 652. The summed E-state index contributed by atoms with van der Waals surface area (Å²) in [6.07, 6.45) is 4.24. The quantitative estimate of drug-likeness (QED) is 0.679. The standard InChI is InChI=1S/C13H13ClN4O2/c14-12-4-3-11(7-13(12)18(19)20)17-6-5-10(16-17)8-15-9-1-2-9/h3-7,9,15H,1-2,8H2. The minimum Gasteiger partial charge on any atom is -0.308 e. The van der Waals surface area contributed by atoms with Gasteiger partial charge in [-0.3, -0.25) is 10.1 Å². The molecule has 0 atom stereocenters. The number of nitro benzene ring substituents is 1. The average molecular weight is 293 g/mol. The van der Waals surface area contributed by atoms with E-state index in [0.29, 0.717) is 18.3 Å². The monoisotopic (exact) mass is 292 g/mol. The van der Waals surface area contributed by atoms with E-state index in [9.17, 15) is 10.1 Å². The first kappa shape index (κ1) is 13.1. The number of nitrogens with one attached hydrogen (secondary N) is 1. The van der Waals surface area contributed by atoms with Gasteiger partial charge < -0.3 is 5.32 Å². The Morgan fingerprint density at radius 2 is 2.25 bits per heavy atom. The molecule has 0 bridgehead atoms. The molecule has 1 aromatic heterocycles. The Morgan fingerprint density at radius 3 is 2.95 bits per heavy atom. The first-order valence-corrected chi connectivity index (χ1v) is 6.73. The maximum atomic E-state index is 10.9. The molecule has 0 unspecified atom stereocenters. The van der Waals surface area contributed by atoms with Crippen LogP contribution in [0.25, 0.3) is 5.69 Å². The predicted octanol–water partition coefficient (Wildman–Crippen LogP) is 2.69. The van der Waals surface area contributed by atoms with Gasteiger partial charge in [-0.05, 0) is 31.0 Å². The van der Waals surface area contributed by atoms with Gasteiger partial charge >= 0.3 is 0 Å². The molecule has 1 heterocycles. The molecule has 0 aliphatic heterocycles. The molecule has 0 radical (unpaired) electrons. The Labute approximate surface area is 120 Å². The lowest BCUT2D eigenvalue weighted by molar-refractivity contribution is -0.384. The van der Waals surface area contributed by atoms with Gasteiger partial charge in [0, 0.05) is 24.8 Å². The van der Waals surface area contributed by atoms with Gasteiger partial charge in [0.15, 0.2) is 0 Å². The second-order valence-electron chi connectivity index (χ2n) is 4.80. The maximum Gasteiger partial charge on any atom is 0.290 e. The topological polar surface area (TPSA) is 73.0 Å². The van der Waals surface area contributed by atoms with Gasteiger partial charge in [-0.15, -0.1) is 0 Å². The summed E-state index contributed by atoms with van der Waals surface area (Å²) in [6, 6.07) is 7.17. The van der Waals surface area contributed by atoms with Crippen molar-refractivity contribution in [2.45, 2.75) is 25.4 Å². The van der Waals surface area contributed by atoms with E-state index in [1.165, 1.54) is 25.0 Å². The first-order valence-electron chi connectivity index (χ1n) is 6.36. The number of nitrogens with zero attached hydrogens (tertiary/aromatic N) is 3. The number of halogens is 1. The van der Waals surface area contributed by atoms with Crippen molar-refractivity contribution in [3.8, 4) is 5.69 Å². The van der Waals surface area contributed by atoms with E-state index in [1.807, 2.05) is 6.07 Å². The van der Waals surface area contributed by atoms with Gasteiger partial charge in [0.2, 0.25) is 0 Å². The van der Waals surface area contributed by atoms with Crippen LogP contribution in [0.5, 0.6) is 0 Å². The fraction of sp³-hybridized carbons (Fsp3) is 0.308. The molecule has 7 heteroatoms. The average Bonchev–Trinajstić information content (AvgIpc) is 3.14. The van der Waals surface area contributed by atoms with Crippen molar-refractivity contribution in [3.05, 3.63) is 51.3 Å². The van der Waals surface area contributed by atoms with E-state index in [-0.39, 0.29) is 10.7 Å². The molecule has 20 heavy (non-hydrogen) atoms. The predicted molar refractivity (Wildman–Crippen MR) is 75.1 cm³/mol. The van der Waals surface area contributed by atoms with Gasteiger partial charge in [-0.25, -0.2) is 4.68 Å². The summed E-state index contributed by atoms with van der Waals surface area (Å²) in [6.45, 7) is 0.716. The molecule has 3 rings (SSSR count). The summed E-state index contributed by atoms with van der Waals surface area (Å²) < 4.78 is 1.62. The molecule has 1 fully saturated rings. The van der Waals surface area contributed by atoms with Crippen LogP contribution in [-0.4, -0.2) is 20.7 Å². The third-order valence-electron chi connectivity index (χ3n) is 3.18. The van der Waals surface area contributed by atoms with Crippen molar-refractivity contribution in [2.75, 3.05) is 0 Å². The minimum absolute atomic E-state index is 0.114. The second kappa shape index (κ2) is 5.22. The Kier molecular flexibility index (Phi) is 3.42. The molecule has 1 aromatic carbocycles. The number of aromatic nitrogens is 2. The molecule has 0 saturated heterocycles. The minimum atomic E-state index is -0.495. The Morgan fingerprint density at radius 1 is 1.45 bits per heavy atom. The lowest BCUT2D eigenvalue weighted by atomic mass is 10.3. The fourth-order valence-corrected chi connectivity index (χ4v) is 2.11. The smallest absolute Gasteiger partial charge is 0.290 e. The van der Waals surface area contributed by atoms with Crippen LogP contribution >= 0.6 is 11.6 Å². The lowest BCUT2D eigenvalue weighted by Gasteiger charge is -2.03. The van der Waals surface area contributed by atoms with E-state index in [2.05, 4.69) is 10.4 Å². The summed E-state index contributed by atoms with van der Waals surface area (Å²) in [7, 11) is 0. The number of hydrogen-bond donors (Lipinski definition) is 1. The third-order valence-corrected chi connectivity index (χ3v) is 3.50. The zero-order valence-corrected chi connectivity index (χ0v) is 11.4. The zero-order chi connectivity index (χ0) is 14.1. The molecule has 0 spiro atoms. The van der Waals surface area contributed by atoms with Crippen LogP contribution in [0.15, 0.2) is 30.5 Å². The number of rotatable bonds is 5. The van der Waals surface area contributed by atoms with Crippen LogP contribution in [0.1, 0.15) is 18.5 Å². The highest BCUT2D eigenvalue weighted by atomic mass is 35.5. The molecule has 0 amide bonds. The molecule has 1 N–H and O–H groups in total. The SMILES string of the molecule is O=[N+]([O-])c1cc(-n2ccc(CNC3CC3)n2)ccc1Cl. The van der Waals surface area contributed by atoms with Gasteiger partial charge in [0.25, 0.3) is 5.69 Å². The van der Waals surface area contributed by atoms with E-state index in [0.717, 1.165) is 5.69 Å². The maximum absolute atomic E-state index is 10.9. The lowest BCUT2D eigenvalue weighted by Crippen LogP contribution is -2.15. The first-order chi connectivity index (χ1) is 9.63. The van der Waals surface area contributed by atoms with E-state index in [1.54, 1.807) is 16.9 Å². The highest BCUT2D eigenvalue weighted by Gasteiger charge is 2.20. The van der Waals surface area contributed by atoms with Crippen LogP contribution in [0.2, 0.25) is 5.02 Å². The van der Waals surface area contributed by atoms with Gasteiger partial charge in [-0.2, -0.15) is 5.10 Å². The Balaban J connectivity index is 1.81. The van der Waals surface area contributed by atoms with Gasteiger partial charge in [0.05, 0.1) is 16.3 Å². The largest absolute Gasteiger partial charge is 0.308 e. The van der Waals surface area contributed by atoms with E-state index in [4.69, 9.17) is 11.6 Å². The highest BCUT2D eigenvalue weighted by Crippen LogP contribution is 2.26. The molecular formula is C13H13ClN4O2. The molecule has 1 saturated carbocycles. The van der Waals surface area contributed by atoms with Crippen molar-refractivity contribution in [1.29, 1.82) is 0 Å². The number of hydrogen-bond acceptors (Lipinski definition) is 4. The summed E-state index contributed by atoms with van der Waals surface area (Å²) in [5.41, 5.74) is 1.42. The normalized spacial score (nSPS) is 14.4. The van der Waals surface area contributed by atoms with Crippen LogP contribution in [0, 0.1) is 10.1 Å². The van der Waals surface area contributed by atoms with E-state index >= 15 is 0 Å². The van der Waals surface area contributed by atoms with Crippen molar-refractivity contribution >= 4 is 17.3 Å². The number of benzene rings is 1. The molecular weight excluding hydrogens is 280 g/mol. The molecule has 1 aliphatic carbocycles. The van der Waals surface area contributed by atoms with Crippen LogP contribution in [-0.2, 0) is 6.54 Å². The number of nitro groups is 1. The van der Waals surface area contributed by atoms with Gasteiger partial charge in [-0.1, -0.05) is 11.6 Å². The molecule has 1 aliphatic rings. The van der Waals surface area contributed by atoms with Crippen molar-refractivity contribution in [1.82, 2.24) is 15.1 Å². The van der Waals surface area contributed by atoms with Crippen molar-refractivity contribution in [2.24, 2.45) is 0 Å². The molecule has 6 nitrogen and oxygen atoms in total. The summed E-state index contributed by atoms with van der Waals surface area (Å²) in [5, 5.41) is 18.8. The summed E-state index contributed by atoms with van der Waals surface area (Å²) in [4.78, 5) is 10.4. The third kappa shape index (κ3) is 2.81. The summed E-state index contributed by atoms with van der Waals surface area (Å²) in [5.74, 6) is 0. The zero-order valence-electron chi connectivity index (χ0n) is 10.6. The van der Waals surface area contributed by atoms with Crippen LogP contribution < -0.4 is 5.32 Å². The van der Waals surface area contributed by atoms with Crippen LogP contribution in [0.3, 0.4) is 0 Å². The van der Waals surface area contributed by atoms with E-state index < -0.39 is 4.92 Å².